The normalized spacial score (nSPS) is 22.8. The molecule has 1 N–H and O–H groups in total. The minimum Gasteiger partial charge on any atom is -0.381 e. The number of anilines is 1. The van der Waals surface area contributed by atoms with Crippen molar-refractivity contribution in [2.24, 2.45) is 5.92 Å². The highest BCUT2D eigenvalue weighted by Crippen LogP contribution is 2.30. The van der Waals surface area contributed by atoms with Gasteiger partial charge in [-0.25, -0.2) is 8.42 Å². The molecule has 1 aliphatic heterocycles. The lowest BCUT2D eigenvalue weighted by molar-refractivity contribution is -0.119. The summed E-state index contributed by atoms with van der Waals surface area (Å²) < 4.78 is 30.1. The third kappa shape index (κ3) is 3.17. The molecule has 1 heterocycles. The van der Waals surface area contributed by atoms with Crippen LogP contribution in [0.2, 0.25) is 0 Å². The minimum absolute atomic E-state index is 0.0658. The van der Waals surface area contributed by atoms with Gasteiger partial charge in [-0.15, -0.1) is 0 Å². The largest absolute Gasteiger partial charge is 0.381 e. The number of hydrogen-bond donors (Lipinski definition) is 1. The molecule has 22 heavy (non-hydrogen) atoms. The SMILES string of the molecule is O=C(Nc1ccc(S(=O)(=O)C2CCCC2)cc1)C1CCOC1. The number of amides is 1. The smallest absolute Gasteiger partial charge is 0.229 e. The zero-order valence-corrected chi connectivity index (χ0v) is 13.3. The van der Waals surface area contributed by atoms with Gasteiger partial charge in [0.05, 0.1) is 22.7 Å². The molecule has 1 saturated heterocycles. The topological polar surface area (TPSA) is 72.5 Å². The van der Waals surface area contributed by atoms with Crippen LogP contribution in [0.1, 0.15) is 32.1 Å². The van der Waals surface area contributed by atoms with Gasteiger partial charge in [-0.3, -0.25) is 4.79 Å². The molecule has 0 bridgehead atoms. The molecule has 1 unspecified atom stereocenters. The molecule has 3 rings (SSSR count). The van der Waals surface area contributed by atoms with Gasteiger partial charge < -0.3 is 10.1 Å². The van der Waals surface area contributed by atoms with Gasteiger partial charge in [0.2, 0.25) is 5.91 Å². The van der Waals surface area contributed by atoms with Crippen LogP contribution in [0.15, 0.2) is 29.2 Å². The monoisotopic (exact) mass is 323 g/mol. The van der Waals surface area contributed by atoms with E-state index in [0.717, 1.165) is 32.1 Å². The van der Waals surface area contributed by atoms with Gasteiger partial charge in [0.1, 0.15) is 0 Å². The molecule has 2 aliphatic rings. The standard InChI is InChI=1S/C16H21NO4S/c18-16(12-9-10-21-11-12)17-13-5-7-15(8-6-13)22(19,20)14-3-1-2-4-14/h5-8,12,14H,1-4,9-11H2,(H,17,18). The fraction of sp³-hybridized carbons (Fsp3) is 0.562. The number of benzene rings is 1. The number of ether oxygens (including phenoxy) is 1. The molecule has 6 heteroatoms. The lowest BCUT2D eigenvalue weighted by Gasteiger charge is -2.13. The first-order valence-electron chi connectivity index (χ1n) is 7.80. The van der Waals surface area contributed by atoms with E-state index in [1.165, 1.54) is 0 Å². The van der Waals surface area contributed by atoms with Crippen LogP contribution in [-0.2, 0) is 19.4 Å². The summed E-state index contributed by atoms with van der Waals surface area (Å²) in [6.07, 6.45) is 4.22. The molecule has 1 aromatic carbocycles. The van der Waals surface area contributed by atoms with E-state index in [4.69, 9.17) is 4.74 Å². The van der Waals surface area contributed by atoms with E-state index < -0.39 is 9.84 Å². The highest BCUT2D eigenvalue weighted by atomic mass is 32.2. The number of sulfone groups is 1. The summed E-state index contributed by atoms with van der Waals surface area (Å²) >= 11 is 0. The second kappa shape index (κ2) is 6.38. The highest BCUT2D eigenvalue weighted by Gasteiger charge is 2.30. The summed E-state index contributed by atoms with van der Waals surface area (Å²) in [6.45, 7) is 1.08. The Morgan fingerprint density at radius 1 is 1.09 bits per heavy atom. The van der Waals surface area contributed by atoms with Crippen molar-refractivity contribution in [3.8, 4) is 0 Å². The Bertz CT molecular complexity index is 627. The van der Waals surface area contributed by atoms with Crippen LogP contribution in [0.3, 0.4) is 0 Å². The predicted molar refractivity (Wildman–Crippen MR) is 83.4 cm³/mol. The Labute approximate surface area is 131 Å². The van der Waals surface area contributed by atoms with Crippen molar-refractivity contribution in [2.45, 2.75) is 42.2 Å². The molecule has 5 nitrogen and oxygen atoms in total. The van der Waals surface area contributed by atoms with E-state index in [2.05, 4.69) is 5.32 Å². The molecular formula is C16H21NO4S. The molecule has 0 radical (unpaired) electrons. The van der Waals surface area contributed by atoms with Gasteiger partial charge in [0.25, 0.3) is 0 Å². The van der Waals surface area contributed by atoms with E-state index in [1.54, 1.807) is 24.3 Å². The molecule has 1 aromatic rings. The Morgan fingerprint density at radius 2 is 1.77 bits per heavy atom. The summed E-state index contributed by atoms with van der Waals surface area (Å²) in [6, 6.07) is 6.51. The zero-order chi connectivity index (χ0) is 15.6. The first kappa shape index (κ1) is 15.5. The lowest BCUT2D eigenvalue weighted by Crippen LogP contribution is -2.23. The van der Waals surface area contributed by atoms with Crippen molar-refractivity contribution >= 4 is 21.4 Å². The van der Waals surface area contributed by atoms with Gasteiger partial charge in [-0.05, 0) is 43.5 Å². The molecule has 1 saturated carbocycles. The van der Waals surface area contributed by atoms with Crippen molar-refractivity contribution in [2.75, 3.05) is 18.5 Å². The van der Waals surface area contributed by atoms with Gasteiger partial charge in [0, 0.05) is 12.3 Å². The van der Waals surface area contributed by atoms with Crippen LogP contribution >= 0.6 is 0 Å². The number of nitrogens with one attached hydrogen (secondary N) is 1. The van der Waals surface area contributed by atoms with Crippen LogP contribution in [0.5, 0.6) is 0 Å². The minimum atomic E-state index is -3.23. The molecule has 120 valence electrons. The van der Waals surface area contributed by atoms with Crippen LogP contribution in [-0.4, -0.2) is 32.8 Å². The van der Waals surface area contributed by atoms with Crippen LogP contribution in [0.4, 0.5) is 5.69 Å². The first-order chi connectivity index (χ1) is 10.6. The van der Waals surface area contributed by atoms with Gasteiger partial charge in [-0.2, -0.15) is 0 Å². The Hall–Kier alpha value is -1.40. The maximum atomic E-state index is 12.5. The summed E-state index contributed by atoms with van der Waals surface area (Å²) in [7, 11) is -3.23. The van der Waals surface area contributed by atoms with Crippen molar-refractivity contribution in [1.29, 1.82) is 0 Å². The summed E-state index contributed by atoms with van der Waals surface area (Å²) in [5.74, 6) is -0.175. The molecule has 0 aromatic heterocycles. The van der Waals surface area contributed by atoms with Gasteiger partial charge in [0.15, 0.2) is 9.84 Å². The van der Waals surface area contributed by atoms with Crippen molar-refractivity contribution in [3.05, 3.63) is 24.3 Å². The van der Waals surface area contributed by atoms with Gasteiger partial charge in [-0.1, -0.05) is 12.8 Å². The van der Waals surface area contributed by atoms with Crippen molar-refractivity contribution < 1.29 is 17.9 Å². The second-order valence-corrected chi connectivity index (χ2v) is 8.25. The molecule has 2 fully saturated rings. The summed E-state index contributed by atoms with van der Waals surface area (Å²) in [5, 5.41) is 2.57. The molecule has 0 spiro atoms. The third-order valence-electron chi connectivity index (χ3n) is 4.49. The molecule has 1 amide bonds. The Balaban J connectivity index is 1.68. The molecule has 1 aliphatic carbocycles. The van der Waals surface area contributed by atoms with E-state index in [9.17, 15) is 13.2 Å². The maximum Gasteiger partial charge on any atom is 0.229 e. The van der Waals surface area contributed by atoms with E-state index >= 15 is 0 Å². The average molecular weight is 323 g/mol. The number of rotatable bonds is 4. The van der Waals surface area contributed by atoms with Crippen LogP contribution in [0, 0.1) is 5.92 Å². The Morgan fingerprint density at radius 3 is 2.36 bits per heavy atom. The zero-order valence-electron chi connectivity index (χ0n) is 12.5. The second-order valence-electron chi connectivity index (χ2n) is 6.03. The number of carbonyl (C=O) groups is 1. The summed E-state index contributed by atoms with van der Waals surface area (Å²) in [4.78, 5) is 12.3. The van der Waals surface area contributed by atoms with Crippen molar-refractivity contribution in [1.82, 2.24) is 0 Å². The average Bonchev–Trinajstić information content (AvgIpc) is 3.21. The first-order valence-corrected chi connectivity index (χ1v) is 9.34. The summed E-state index contributed by atoms with van der Waals surface area (Å²) in [5.41, 5.74) is 0.627. The number of carbonyl (C=O) groups excluding carboxylic acids is 1. The predicted octanol–water partition coefficient (Wildman–Crippen LogP) is 2.38. The van der Waals surface area contributed by atoms with E-state index in [1.807, 2.05) is 0 Å². The maximum absolute atomic E-state index is 12.5. The van der Waals surface area contributed by atoms with Crippen LogP contribution in [0.25, 0.3) is 0 Å². The third-order valence-corrected chi connectivity index (χ3v) is 6.77. The highest BCUT2D eigenvalue weighted by molar-refractivity contribution is 7.92. The van der Waals surface area contributed by atoms with E-state index in [0.29, 0.717) is 23.8 Å². The Kier molecular flexibility index (Phi) is 4.49. The molecule has 1 atom stereocenters. The number of hydrogen-bond acceptors (Lipinski definition) is 4. The fourth-order valence-electron chi connectivity index (χ4n) is 3.10. The lowest BCUT2D eigenvalue weighted by atomic mass is 10.1. The van der Waals surface area contributed by atoms with Crippen molar-refractivity contribution in [3.63, 3.8) is 0 Å². The van der Waals surface area contributed by atoms with E-state index in [-0.39, 0.29) is 17.1 Å². The molecular weight excluding hydrogens is 302 g/mol. The van der Waals surface area contributed by atoms with Crippen LogP contribution < -0.4 is 5.32 Å². The quantitative estimate of drug-likeness (QED) is 0.923. The fourth-order valence-corrected chi connectivity index (χ4v) is 4.96. The van der Waals surface area contributed by atoms with Gasteiger partial charge >= 0.3 is 0 Å².